The number of hydrogen-bond donors (Lipinski definition) is 2. The average Bonchev–Trinajstić information content (AvgIpc) is 2.43. The molecule has 8 heteroatoms. The molecule has 0 saturated heterocycles. The number of carbonyl (C=O) groups excluding carboxylic acids is 1. The minimum atomic E-state index is -4.54. The summed E-state index contributed by atoms with van der Waals surface area (Å²) in [5, 5.41) is 11.0. The molecular formula is C14H15F4NO3. The zero-order valence-electron chi connectivity index (χ0n) is 11.9. The van der Waals surface area contributed by atoms with Gasteiger partial charge in [-0.1, -0.05) is 12.1 Å². The van der Waals surface area contributed by atoms with Crippen LogP contribution in [0.25, 0.3) is 0 Å². The third-order valence-electron chi connectivity index (χ3n) is 3.04. The van der Waals surface area contributed by atoms with Crippen LogP contribution in [-0.2, 0) is 15.8 Å². The normalized spacial score (nSPS) is 13.5. The zero-order valence-corrected chi connectivity index (χ0v) is 11.9. The van der Waals surface area contributed by atoms with Crippen LogP contribution in [0.4, 0.5) is 17.6 Å². The van der Waals surface area contributed by atoms with Crippen LogP contribution in [0.3, 0.4) is 0 Å². The number of carboxylic acids is 1. The first kappa shape index (κ1) is 17.9. The molecule has 2 N–H and O–H groups in total. The molecule has 0 aliphatic heterocycles. The van der Waals surface area contributed by atoms with Gasteiger partial charge < -0.3 is 10.4 Å². The van der Waals surface area contributed by atoms with E-state index in [0.717, 1.165) is 12.1 Å². The van der Waals surface area contributed by atoms with Crippen molar-refractivity contribution < 1.29 is 32.3 Å². The van der Waals surface area contributed by atoms with Gasteiger partial charge in [0.05, 0.1) is 11.0 Å². The van der Waals surface area contributed by atoms with Crippen LogP contribution in [0.5, 0.6) is 0 Å². The van der Waals surface area contributed by atoms with Gasteiger partial charge >= 0.3 is 12.1 Å². The molecule has 0 bridgehead atoms. The number of carboxylic acid groups (broad SMARTS) is 1. The number of aliphatic carboxylic acids is 1. The van der Waals surface area contributed by atoms with E-state index in [0.29, 0.717) is 12.1 Å². The smallest absolute Gasteiger partial charge is 0.416 e. The number of carbonyl (C=O) groups is 2. The first-order valence-corrected chi connectivity index (χ1v) is 6.27. The monoisotopic (exact) mass is 321 g/mol. The fourth-order valence-corrected chi connectivity index (χ4v) is 1.47. The highest BCUT2D eigenvalue weighted by atomic mass is 19.4. The van der Waals surface area contributed by atoms with E-state index in [1.54, 1.807) is 0 Å². The Morgan fingerprint density at radius 1 is 1.18 bits per heavy atom. The van der Waals surface area contributed by atoms with Crippen LogP contribution in [-0.4, -0.2) is 23.5 Å². The Hall–Kier alpha value is -2.12. The van der Waals surface area contributed by atoms with Crippen molar-refractivity contribution in [1.82, 2.24) is 5.32 Å². The molecule has 0 aromatic heterocycles. The van der Waals surface area contributed by atoms with Crippen molar-refractivity contribution in [3.8, 4) is 0 Å². The van der Waals surface area contributed by atoms with Crippen LogP contribution in [0.1, 0.15) is 31.1 Å². The molecule has 0 aliphatic carbocycles. The molecule has 4 nitrogen and oxygen atoms in total. The summed E-state index contributed by atoms with van der Waals surface area (Å²) >= 11 is 0. The lowest BCUT2D eigenvalue weighted by atomic mass is 9.94. The maximum atomic E-state index is 13.9. The van der Waals surface area contributed by atoms with E-state index < -0.39 is 35.2 Å². The molecule has 0 saturated carbocycles. The van der Waals surface area contributed by atoms with Crippen LogP contribution in [0, 0.1) is 5.41 Å². The Bertz CT molecular complexity index is 552. The summed E-state index contributed by atoms with van der Waals surface area (Å²) in [4.78, 5) is 22.4. The van der Waals surface area contributed by atoms with Gasteiger partial charge in [0.2, 0.25) is 6.17 Å². The van der Waals surface area contributed by atoms with Crippen LogP contribution >= 0.6 is 0 Å². The molecule has 1 atom stereocenters. The minimum absolute atomic E-state index is 0.237. The standard InChI is InChI=1S/C14H15F4NO3/c1-13(2,12(21)22)7-19-11(20)10(15)8-3-5-9(6-4-8)14(16,17)18/h3-6,10H,7H2,1-2H3,(H,19,20)(H,21,22). The van der Waals surface area contributed by atoms with Gasteiger partial charge in [0.25, 0.3) is 5.91 Å². The third-order valence-corrected chi connectivity index (χ3v) is 3.04. The number of amides is 1. The van der Waals surface area contributed by atoms with Gasteiger partial charge in [0.1, 0.15) is 0 Å². The lowest BCUT2D eigenvalue weighted by Gasteiger charge is -2.20. The van der Waals surface area contributed by atoms with E-state index in [1.165, 1.54) is 13.8 Å². The molecule has 0 radical (unpaired) electrons. The van der Waals surface area contributed by atoms with Gasteiger partial charge in [-0.3, -0.25) is 9.59 Å². The Balaban J connectivity index is 2.73. The van der Waals surface area contributed by atoms with E-state index >= 15 is 0 Å². The first-order valence-electron chi connectivity index (χ1n) is 6.27. The molecule has 1 aromatic rings. The van der Waals surface area contributed by atoms with Gasteiger partial charge in [-0.05, 0) is 31.5 Å². The van der Waals surface area contributed by atoms with Gasteiger partial charge in [0, 0.05) is 6.54 Å². The summed E-state index contributed by atoms with van der Waals surface area (Å²) in [5.74, 6) is -2.27. The molecular weight excluding hydrogens is 306 g/mol. The lowest BCUT2D eigenvalue weighted by Crippen LogP contribution is -2.40. The second-order valence-corrected chi connectivity index (χ2v) is 5.39. The second kappa shape index (κ2) is 6.33. The maximum Gasteiger partial charge on any atom is 0.416 e. The molecule has 1 rings (SSSR count). The molecule has 1 unspecified atom stereocenters. The van der Waals surface area contributed by atoms with E-state index in [1.807, 2.05) is 0 Å². The summed E-state index contributed by atoms with van der Waals surface area (Å²) in [6, 6.07) is 3.09. The van der Waals surface area contributed by atoms with Gasteiger partial charge in [0.15, 0.2) is 0 Å². The fourth-order valence-electron chi connectivity index (χ4n) is 1.47. The number of nitrogens with one attached hydrogen (secondary N) is 1. The van der Waals surface area contributed by atoms with E-state index in [-0.39, 0.29) is 12.1 Å². The van der Waals surface area contributed by atoms with Crippen molar-refractivity contribution in [2.24, 2.45) is 5.41 Å². The number of halogens is 4. The Morgan fingerprint density at radius 3 is 2.09 bits per heavy atom. The molecule has 0 spiro atoms. The van der Waals surface area contributed by atoms with Crippen LogP contribution in [0.2, 0.25) is 0 Å². The quantitative estimate of drug-likeness (QED) is 0.820. The van der Waals surface area contributed by atoms with E-state index in [4.69, 9.17) is 5.11 Å². The first-order chi connectivity index (χ1) is 9.95. The Labute approximate surface area is 124 Å². The van der Waals surface area contributed by atoms with Crippen molar-refractivity contribution in [1.29, 1.82) is 0 Å². The van der Waals surface area contributed by atoms with Gasteiger partial charge in [-0.2, -0.15) is 13.2 Å². The highest BCUT2D eigenvalue weighted by Gasteiger charge is 2.32. The maximum absolute atomic E-state index is 13.9. The highest BCUT2D eigenvalue weighted by molar-refractivity contribution is 5.83. The summed E-state index contributed by atoms with van der Waals surface area (Å²) in [6.07, 6.45) is -6.72. The van der Waals surface area contributed by atoms with Crippen LogP contribution in [0.15, 0.2) is 24.3 Å². The van der Waals surface area contributed by atoms with Crippen molar-refractivity contribution in [3.63, 3.8) is 0 Å². The summed E-state index contributed by atoms with van der Waals surface area (Å²) in [5.41, 5.74) is -2.47. The molecule has 0 heterocycles. The lowest BCUT2D eigenvalue weighted by molar-refractivity contribution is -0.147. The Morgan fingerprint density at radius 2 is 1.68 bits per heavy atom. The van der Waals surface area contributed by atoms with Crippen molar-refractivity contribution >= 4 is 11.9 Å². The van der Waals surface area contributed by atoms with Gasteiger partial charge in [-0.25, -0.2) is 4.39 Å². The van der Waals surface area contributed by atoms with Crippen molar-refractivity contribution in [2.75, 3.05) is 6.54 Å². The van der Waals surface area contributed by atoms with Crippen molar-refractivity contribution in [2.45, 2.75) is 26.2 Å². The average molecular weight is 321 g/mol. The van der Waals surface area contributed by atoms with Crippen LogP contribution < -0.4 is 5.32 Å². The minimum Gasteiger partial charge on any atom is -0.481 e. The van der Waals surface area contributed by atoms with E-state index in [9.17, 15) is 27.2 Å². The van der Waals surface area contributed by atoms with Crippen molar-refractivity contribution in [3.05, 3.63) is 35.4 Å². The largest absolute Gasteiger partial charge is 0.481 e. The topological polar surface area (TPSA) is 66.4 Å². The molecule has 0 aliphatic rings. The summed E-state index contributed by atoms with van der Waals surface area (Å²) in [7, 11) is 0. The molecule has 0 fully saturated rings. The van der Waals surface area contributed by atoms with Gasteiger partial charge in [-0.15, -0.1) is 0 Å². The predicted octanol–water partition coefficient (Wildman–Crippen LogP) is 2.94. The number of benzene rings is 1. The molecule has 22 heavy (non-hydrogen) atoms. The summed E-state index contributed by atoms with van der Waals surface area (Å²) in [6.45, 7) is 2.39. The fraction of sp³-hybridized carbons (Fsp3) is 0.429. The molecule has 1 aromatic carbocycles. The predicted molar refractivity (Wildman–Crippen MR) is 69.7 cm³/mol. The number of alkyl halides is 4. The zero-order chi connectivity index (χ0) is 17.1. The summed E-state index contributed by atoms with van der Waals surface area (Å²) < 4.78 is 51.0. The number of hydrogen-bond acceptors (Lipinski definition) is 2. The SMILES string of the molecule is CC(C)(CNC(=O)C(F)c1ccc(C(F)(F)F)cc1)C(=O)O. The third kappa shape index (κ3) is 4.44. The molecule has 1 amide bonds. The Kier molecular flexibility index (Phi) is 5.16. The highest BCUT2D eigenvalue weighted by Crippen LogP contribution is 2.30. The molecule has 122 valence electrons. The number of rotatable bonds is 5. The second-order valence-electron chi connectivity index (χ2n) is 5.39. The van der Waals surface area contributed by atoms with E-state index in [2.05, 4.69) is 5.32 Å².